The highest BCUT2D eigenvalue weighted by molar-refractivity contribution is 7.99. The number of rotatable bonds is 8. The molecule has 0 unspecified atom stereocenters. The molecule has 2 rings (SSSR count). The van der Waals surface area contributed by atoms with E-state index >= 15 is 0 Å². The minimum absolute atomic E-state index is 0.0266. The Kier molecular flexibility index (Phi) is 6.48. The second-order valence-electron chi connectivity index (χ2n) is 5.35. The fourth-order valence-electron chi connectivity index (χ4n) is 2.20. The van der Waals surface area contributed by atoms with Crippen LogP contribution in [0.3, 0.4) is 0 Å². The molecule has 1 amide bonds. The van der Waals surface area contributed by atoms with Gasteiger partial charge < -0.3 is 9.64 Å². The standard InChI is InChI=1S/C16H22N4O3S/c1-4-8-20-15(22)17-18-16(20)24-11-14(21)19(2)10-12-6-5-7-13(9-12)23-3/h5-7,9H,4,8,10-11H2,1-3H3,(H,17,22). The van der Waals surface area contributed by atoms with Gasteiger partial charge in [-0.2, -0.15) is 0 Å². The maximum Gasteiger partial charge on any atom is 0.343 e. The van der Waals surface area contributed by atoms with Crippen LogP contribution < -0.4 is 10.4 Å². The molecule has 0 radical (unpaired) electrons. The SMILES string of the molecule is CCCn1c(SCC(=O)N(C)Cc2cccc(OC)c2)n[nH]c1=O. The second-order valence-corrected chi connectivity index (χ2v) is 6.30. The number of aromatic nitrogens is 3. The van der Waals surface area contributed by atoms with Gasteiger partial charge in [0.05, 0.1) is 12.9 Å². The van der Waals surface area contributed by atoms with Crippen LogP contribution in [0.15, 0.2) is 34.2 Å². The lowest BCUT2D eigenvalue weighted by molar-refractivity contribution is -0.127. The monoisotopic (exact) mass is 350 g/mol. The molecule has 24 heavy (non-hydrogen) atoms. The zero-order valence-electron chi connectivity index (χ0n) is 14.1. The third-order valence-corrected chi connectivity index (χ3v) is 4.44. The van der Waals surface area contributed by atoms with Gasteiger partial charge >= 0.3 is 5.69 Å². The highest BCUT2D eigenvalue weighted by Crippen LogP contribution is 2.16. The molecular formula is C16H22N4O3S. The van der Waals surface area contributed by atoms with Crippen LogP contribution in [0.25, 0.3) is 0 Å². The number of carbonyl (C=O) groups is 1. The van der Waals surface area contributed by atoms with Gasteiger partial charge in [-0.3, -0.25) is 9.36 Å². The van der Waals surface area contributed by atoms with E-state index in [9.17, 15) is 9.59 Å². The van der Waals surface area contributed by atoms with Gasteiger partial charge in [0.2, 0.25) is 5.91 Å². The van der Waals surface area contributed by atoms with Crippen molar-refractivity contribution in [1.82, 2.24) is 19.7 Å². The van der Waals surface area contributed by atoms with E-state index < -0.39 is 0 Å². The van der Waals surface area contributed by atoms with Gasteiger partial charge in [0.25, 0.3) is 0 Å². The first-order valence-corrected chi connectivity index (χ1v) is 8.68. The summed E-state index contributed by atoms with van der Waals surface area (Å²) in [7, 11) is 3.37. The average Bonchev–Trinajstić information content (AvgIpc) is 2.93. The van der Waals surface area contributed by atoms with Gasteiger partial charge in [-0.15, -0.1) is 5.10 Å². The number of carbonyl (C=O) groups excluding carboxylic acids is 1. The quantitative estimate of drug-likeness (QED) is 0.734. The van der Waals surface area contributed by atoms with E-state index in [1.807, 2.05) is 31.2 Å². The van der Waals surface area contributed by atoms with Crippen molar-refractivity contribution in [3.63, 3.8) is 0 Å². The Bertz CT molecular complexity index is 741. The number of hydrogen-bond acceptors (Lipinski definition) is 5. The van der Waals surface area contributed by atoms with Gasteiger partial charge in [0.1, 0.15) is 5.75 Å². The van der Waals surface area contributed by atoms with Crippen molar-refractivity contribution >= 4 is 17.7 Å². The van der Waals surface area contributed by atoms with E-state index in [1.165, 1.54) is 11.8 Å². The number of methoxy groups -OCH3 is 1. The molecule has 0 atom stereocenters. The number of hydrogen-bond donors (Lipinski definition) is 1. The molecule has 7 nitrogen and oxygen atoms in total. The van der Waals surface area contributed by atoms with Crippen LogP contribution in [0, 0.1) is 0 Å². The molecule has 0 bridgehead atoms. The minimum Gasteiger partial charge on any atom is -0.497 e. The van der Waals surface area contributed by atoms with Gasteiger partial charge in [-0.05, 0) is 24.1 Å². The maximum absolute atomic E-state index is 12.3. The smallest absolute Gasteiger partial charge is 0.343 e. The largest absolute Gasteiger partial charge is 0.497 e. The molecule has 0 aliphatic rings. The summed E-state index contributed by atoms with van der Waals surface area (Å²) in [5.41, 5.74) is 0.759. The topological polar surface area (TPSA) is 80.2 Å². The van der Waals surface area contributed by atoms with Crippen LogP contribution >= 0.6 is 11.8 Å². The lowest BCUT2D eigenvalue weighted by Crippen LogP contribution is -2.28. The zero-order valence-corrected chi connectivity index (χ0v) is 14.9. The normalized spacial score (nSPS) is 10.6. The van der Waals surface area contributed by atoms with Gasteiger partial charge in [-0.1, -0.05) is 30.8 Å². The molecule has 0 aliphatic carbocycles. The number of H-pyrrole nitrogens is 1. The summed E-state index contributed by atoms with van der Waals surface area (Å²) >= 11 is 1.27. The van der Waals surface area contributed by atoms with E-state index in [4.69, 9.17) is 4.74 Å². The summed E-state index contributed by atoms with van der Waals surface area (Å²) in [6, 6.07) is 7.62. The lowest BCUT2D eigenvalue weighted by Gasteiger charge is -2.17. The van der Waals surface area contributed by atoms with Crippen molar-refractivity contribution in [2.45, 2.75) is 31.6 Å². The summed E-state index contributed by atoms with van der Waals surface area (Å²) in [6.45, 7) is 3.07. The van der Waals surface area contributed by atoms with Crippen molar-refractivity contribution < 1.29 is 9.53 Å². The van der Waals surface area contributed by atoms with Gasteiger partial charge in [0.15, 0.2) is 5.16 Å². The molecule has 1 heterocycles. The predicted molar refractivity (Wildman–Crippen MR) is 93.3 cm³/mol. The van der Waals surface area contributed by atoms with Crippen LogP contribution in [0.1, 0.15) is 18.9 Å². The number of amides is 1. The first-order chi connectivity index (χ1) is 11.5. The van der Waals surface area contributed by atoms with Crippen LogP contribution in [-0.4, -0.2) is 45.5 Å². The first kappa shape index (κ1) is 18.1. The molecule has 0 aliphatic heterocycles. The number of thioether (sulfide) groups is 1. The van der Waals surface area contributed by atoms with Crippen LogP contribution in [0.4, 0.5) is 0 Å². The molecular weight excluding hydrogens is 328 g/mol. The summed E-state index contributed by atoms with van der Waals surface area (Å²) in [5.74, 6) is 0.971. The summed E-state index contributed by atoms with van der Waals surface area (Å²) in [6.07, 6.45) is 0.830. The molecule has 0 saturated carbocycles. The fraction of sp³-hybridized carbons (Fsp3) is 0.438. The molecule has 0 saturated heterocycles. The fourth-order valence-corrected chi connectivity index (χ4v) is 3.12. The minimum atomic E-state index is -0.239. The van der Waals surface area contributed by atoms with E-state index in [2.05, 4.69) is 10.2 Å². The third kappa shape index (κ3) is 4.64. The average molecular weight is 350 g/mol. The molecule has 0 spiro atoms. The molecule has 1 aromatic heterocycles. The van der Waals surface area contributed by atoms with Crippen LogP contribution in [-0.2, 0) is 17.9 Å². The maximum atomic E-state index is 12.3. The first-order valence-electron chi connectivity index (χ1n) is 7.70. The zero-order chi connectivity index (χ0) is 17.5. The highest BCUT2D eigenvalue weighted by atomic mass is 32.2. The molecule has 1 aromatic carbocycles. The van der Waals surface area contributed by atoms with Crippen molar-refractivity contribution in [3.8, 4) is 5.75 Å². The third-order valence-electron chi connectivity index (χ3n) is 3.47. The summed E-state index contributed by atoms with van der Waals surface area (Å²) in [5, 5.41) is 6.95. The van der Waals surface area contributed by atoms with Crippen molar-refractivity contribution in [2.24, 2.45) is 0 Å². The molecule has 0 fully saturated rings. The van der Waals surface area contributed by atoms with Crippen molar-refractivity contribution in [1.29, 1.82) is 0 Å². The van der Waals surface area contributed by atoms with Crippen molar-refractivity contribution in [2.75, 3.05) is 19.9 Å². The Labute approximate surface area is 145 Å². The van der Waals surface area contributed by atoms with E-state index in [1.54, 1.807) is 23.6 Å². The Morgan fingerprint density at radius 3 is 2.96 bits per heavy atom. The number of nitrogens with one attached hydrogen (secondary N) is 1. The van der Waals surface area contributed by atoms with Crippen molar-refractivity contribution in [3.05, 3.63) is 40.3 Å². The Balaban J connectivity index is 1.93. The molecule has 1 N–H and O–H groups in total. The molecule has 8 heteroatoms. The number of ether oxygens (including phenoxy) is 1. The predicted octanol–water partition coefficient (Wildman–Crippen LogP) is 1.74. The Morgan fingerprint density at radius 1 is 1.46 bits per heavy atom. The van der Waals surface area contributed by atoms with Crippen LogP contribution in [0.2, 0.25) is 0 Å². The van der Waals surface area contributed by atoms with E-state index in [-0.39, 0.29) is 17.3 Å². The molecule has 2 aromatic rings. The number of nitrogens with zero attached hydrogens (tertiary/aromatic N) is 3. The Hall–Kier alpha value is -2.22. The second kappa shape index (κ2) is 8.58. The van der Waals surface area contributed by atoms with Gasteiger partial charge in [0, 0.05) is 20.1 Å². The Morgan fingerprint density at radius 2 is 2.25 bits per heavy atom. The lowest BCUT2D eigenvalue weighted by atomic mass is 10.2. The van der Waals surface area contributed by atoms with E-state index in [0.717, 1.165) is 17.7 Å². The number of benzene rings is 1. The summed E-state index contributed by atoms with van der Waals surface area (Å²) in [4.78, 5) is 25.6. The van der Waals surface area contributed by atoms with Gasteiger partial charge in [-0.25, -0.2) is 9.89 Å². The number of aromatic amines is 1. The highest BCUT2D eigenvalue weighted by Gasteiger charge is 2.14. The van der Waals surface area contributed by atoms with E-state index in [0.29, 0.717) is 18.2 Å². The summed E-state index contributed by atoms with van der Waals surface area (Å²) < 4.78 is 6.74. The molecule has 130 valence electrons. The van der Waals surface area contributed by atoms with Crippen LogP contribution in [0.5, 0.6) is 5.75 Å².